The fourth-order valence-corrected chi connectivity index (χ4v) is 16.9. The quantitative estimate of drug-likeness (QED) is 0.108. The normalized spacial score (nSPS) is 11.7. The van der Waals surface area contributed by atoms with Gasteiger partial charge in [-0.05, 0) is 214 Å². The second-order valence-corrected chi connectivity index (χ2v) is 28.1. The summed E-state index contributed by atoms with van der Waals surface area (Å²) in [6.45, 7) is 0. The zero-order valence-electron chi connectivity index (χ0n) is 58.9. The van der Waals surface area contributed by atoms with Crippen molar-refractivity contribution in [3.8, 4) is 67.5 Å². The third-order valence-electron chi connectivity index (χ3n) is 21.9. The lowest BCUT2D eigenvalue weighted by atomic mass is 10.0. The molecule has 0 amide bonds. The predicted octanol–water partition coefficient (Wildman–Crippen LogP) is 27.7. The highest BCUT2D eigenvalue weighted by Gasteiger charge is 2.25. The summed E-state index contributed by atoms with van der Waals surface area (Å²) in [5.74, 6) is 0. The van der Waals surface area contributed by atoms with Crippen molar-refractivity contribution in [1.29, 1.82) is 0 Å². The van der Waals surface area contributed by atoms with E-state index in [1.165, 1.54) is 76.4 Å². The minimum absolute atomic E-state index is 1.04. The molecular formula is C102H68N6. The molecule has 0 aliphatic carbocycles. The third-order valence-corrected chi connectivity index (χ3v) is 21.9. The molecule has 21 rings (SSSR count). The van der Waals surface area contributed by atoms with Gasteiger partial charge in [-0.3, -0.25) is 0 Å². The van der Waals surface area contributed by atoms with Gasteiger partial charge in [0.1, 0.15) is 0 Å². The van der Waals surface area contributed by atoms with Crippen molar-refractivity contribution in [2.45, 2.75) is 0 Å². The average Bonchev–Trinajstić information content (AvgIpc) is 1.57. The van der Waals surface area contributed by atoms with E-state index in [9.17, 15) is 0 Å². The first-order valence-corrected chi connectivity index (χ1v) is 37.0. The maximum Gasteiger partial charge on any atom is 0.0547 e. The summed E-state index contributed by atoms with van der Waals surface area (Å²) in [5.41, 5.74) is 26.9. The summed E-state index contributed by atoms with van der Waals surface area (Å²) in [7, 11) is 0. The average molecular weight is 1380 g/mol. The van der Waals surface area contributed by atoms with Crippen molar-refractivity contribution in [2.75, 3.05) is 9.80 Å². The molecule has 0 saturated heterocycles. The van der Waals surface area contributed by atoms with Gasteiger partial charge in [0.05, 0.1) is 44.5 Å². The van der Waals surface area contributed by atoms with E-state index in [1.807, 2.05) is 0 Å². The van der Waals surface area contributed by atoms with Crippen LogP contribution in [-0.4, -0.2) is 18.3 Å². The van der Waals surface area contributed by atoms with Gasteiger partial charge in [0.2, 0.25) is 0 Å². The highest BCUT2D eigenvalue weighted by molar-refractivity contribution is 6.13. The van der Waals surface area contributed by atoms with Gasteiger partial charge in [-0.1, -0.05) is 243 Å². The molecule has 0 unspecified atom stereocenters. The number of nitrogens with zero attached hydrogens (tertiary/aromatic N) is 6. The summed E-state index contributed by atoms with van der Waals surface area (Å²) in [4.78, 5) is 4.82. The highest BCUT2D eigenvalue weighted by atomic mass is 15.2. The number of anilines is 6. The molecule has 0 N–H and O–H groups in total. The highest BCUT2D eigenvalue weighted by Crippen LogP contribution is 2.47. The van der Waals surface area contributed by atoms with Crippen LogP contribution in [0.1, 0.15) is 0 Å². The van der Waals surface area contributed by atoms with Gasteiger partial charge in [-0.25, -0.2) is 0 Å². The van der Waals surface area contributed by atoms with E-state index in [1.54, 1.807) is 0 Å². The summed E-state index contributed by atoms with van der Waals surface area (Å²) in [6.07, 6.45) is 0. The van der Waals surface area contributed by atoms with Crippen molar-refractivity contribution in [2.24, 2.45) is 0 Å². The Bertz CT molecular complexity index is 6560. The molecule has 6 heteroatoms. The molecule has 0 saturated carbocycles. The number of para-hydroxylation sites is 4. The molecule has 0 radical (unpaired) electrons. The van der Waals surface area contributed by atoms with Gasteiger partial charge >= 0.3 is 0 Å². The number of aromatic nitrogens is 4. The SMILES string of the molecule is c1ccc(-c2ccc(N(c3ccc(-n4c(-c5cccc6ccccc56)cc5cc6c(cc(-c7cccc8ccccc78)n6-c6ccc(N(c7ccc(-c8ccccc8)cc7)c7ccc8c(c7)c7ccccc7n8-c7ccccc7)cc6)cc54)cc3)c3ccc4c(c3)c3ccccc3n4-c3ccccc3)cc2)cc1. The Kier molecular flexibility index (Phi) is 14.8. The number of benzene rings is 17. The second kappa shape index (κ2) is 25.7. The maximum absolute atomic E-state index is 2.49. The van der Waals surface area contributed by atoms with Crippen LogP contribution in [0, 0.1) is 0 Å². The zero-order valence-corrected chi connectivity index (χ0v) is 58.9. The van der Waals surface area contributed by atoms with Crippen molar-refractivity contribution in [1.82, 2.24) is 18.3 Å². The lowest BCUT2D eigenvalue weighted by molar-refractivity contribution is 1.13. The smallest absolute Gasteiger partial charge is 0.0547 e. The van der Waals surface area contributed by atoms with E-state index in [4.69, 9.17) is 0 Å². The fraction of sp³-hybridized carbons (Fsp3) is 0. The maximum atomic E-state index is 2.49. The van der Waals surface area contributed by atoms with E-state index in [-0.39, 0.29) is 0 Å². The van der Waals surface area contributed by atoms with Crippen LogP contribution in [0.4, 0.5) is 34.1 Å². The van der Waals surface area contributed by atoms with Crippen LogP contribution in [0.5, 0.6) is 0 Å². The van der Waals surface area contributed by atoms with Gasteiger partial charge in [0, 0.05) is 100 Å². The van der Waals surface area contributed by atoms with Crippen LogP contribution in [0.3, 0.4) is 0 Å². The first kappa shape index (κ1) is 62.1. The van der Waals surface area contributed by atoms with Crippen molar-refractivity contribution < 1.29 is 0 Å². The van der Waals surface area contributed by atoms with E-state index >= 15 is 0 Å². The van der Waals surface area contributed by atoms with Crippen molar-refractivity contribution >= 4 is 121 Å². The molecule has 0 fully saturated rings. The van der Waals surface area contributed by atoms with E-state index < -0.39 is 0 Å². The molecule has 4 aromatic heterocycles. The Morgan fingerprint density at radius 1 is 0.157 bits per heavy atom. The summed E-state index contributed by atoms with van der Waals surface area (Å²) >= 11 is 0. The van der Waals surface area contributed by atoms with Gasteiger partial charge in [-0.15, -0.1) is 0 Å². The Morgan fingerprint density at radius 2 is 0.454 bits per heavy atom. The standard InChI is InChI=1S/C102H68N6/c1-5-23-69(24-6-1)71-43-47-79(48-44-71)103(85-59-61-97-93(67-85)91-37-17-19-41-95(91)105(97)77-31-9-3-10-32-77)81-51-55-83(56-52-81)107-99-63-76-66-102(90-40-22-30-74-28-14-16-36-88(74)90)108(100(76)64-75(99)65-101(107)89-39-21-29-73-27-13-15-35-87(73)89)84-57-53-82(54-58-84)104(80-49-45-72(46-50-80)70-25-7-2-8-26-70)86-60-62-98-94(68-86)92-38-18-20-42-96(92)106(98)78-33-11-4-12-34-78/h1-68H. The molecule has 0 aliphatic rings. The van der Waals surface area contributed by atoms with Crippen LogP contribution in [-0.2, 0) is 0 Å². The van der Waals surface area contributed by atoms with Crippen LogP contribution < -0.4 is 9.80 Å². The van der Waals surface area contributed by atoms with Crippen molar-refractivity contribution in [3.63, 3.8) is 0 Å². The lowest BCUT2D eigenvalue weighted by Crippen LogP contribution is -2.10. The third kappa shape index (κ3) is 10.5. The predicted molar refractivity (Wildman–Crippen MR) is 455 cm³/mol. The van der Waals surface area contributed by atoms with Crippen LogP contribution in [0.25, 0.3) is 154 Å². The van der Waals surface area contributed by atoms with E-state index in [0.29, 0.717) is 0 Å². The molecule has 21 aromatic rings. The van der Waals surface area contributed by atoms with Crippen LogP contribution in [0.2, 0.25) is 0 Å². The molecule has 108 heavy (non-hydrogen) atoms. The van der Waals surface area contributed by atoms with Crippen molar-refractivity contribution in [3.05, 3.63) is 413 Å². The molecule has 0 spiro atoms. The molecule has 506 valence electrons. The van der Waals surface area contributed by atoms with Crippen LogP contribution in [0.15, 0.2) is 413 Å². The first-order valence-electron chi connectivity index (χ1n) is 37.0. The molecule has 0 aliphatic heterocycles. The number of hydrogen-bond acceptors (Lipinski definition) is 2. The number of rotatable bonds is 14. The van der Waals surface area contributed by atoms with Crippen LogP contribution >= 0.6 is 0 Å². The van der Waals surface area contributed by atoms with Gasteiger partial charge in [-0.2, -0.15) is 0 Å². The number of fused-ring (bicyclic) bond motifs is 10. The molecule has 4 heterocycles. The van der Waals surface area contributed by atoms with Gasteiger partial charge < -0.3 is 28.1 Å². The molecule has 0 bridgehead atoms. The summed E-state index contributed by atoms with van der Waals surface area (Å²) in [5, 5.41) is 11.8. The monoisotopic (exact) mass is 1380 g/mol. The Hall–Kier alpha value is -14.5. The minimum atomic E-state index is 1.04. The van der Waals surface area contributed by atoms with Gasteiger partial charge in [0.15, 0.2) is 0 Å². The second-order valence-electron chi connectivity index (χ2n) is 28.1. The first-order chi connectivity index (χ1) is 53.6. The summed E-state index contributed by atoms with van der Waals surface area (Å²) < 4.78 is 9.76. The molecule has 17 aromatic carbocycles. The zero-order chi connectivity index (χ0) is 71.2. The fourth-order valence-electron chi connectivity index (χ4n) is 16.9. The summed E-state index contributed by atoms with van der Waals surface area (Å²) in [6, 6.07) is 151. The van der Waals surface area contributed by atoms with E-state index in [0.717, 1.165) is 112 Å². The molecule has 6 nitrogen and oxygen atoms in total. The molecule has 0 atom stereocenters. The molecular weight excluding hydrogens is 1310 g/mol. The Morgan fingerprint density at radius 3 is 0.852 bits per heavy atom. The van der Waals surface area contributed by atoms with E-state index in [2.05, 4.69) is 441 Å². The Labute approximate surface area is 625 Å². The Balaban J connectivity index is 0.731. The van der Waals surface area contributed by atoms with Gasteiger partial charge in [0.25, 0.3) is 0 Å². The minimum Gasteiger partial charge on any atom is -0.310 e. The number of hydrogen-bond donors (Lipinski definition) is 0. The largest absolute Gasteiger partial charge is 0.310 e. The lowest BCUT2D eigenvalue weighted by Gasteiger charge is -2.26. The topological polar surface area (TPSA) is 26.2 Å².